The number of rotatable bonds is 3. The number of nitrogens with two attached hydrogens (primary N) is 1. The monoisotopic (exact) mass is 305 g/mol. The van der Waals surface area contributed by atoms with E-state index in [9.17, 15) is 4.39 Å². The van der Waals surface area contributed by atoms with Crippen LogP contribution in [0.25, 0.3) is 0 Å². The van der Waals surface area contributed by atoms with Crippen LogP contribution in [-0.4, -0.2) is 18.5 Å². The molecule has 2 N–H and O–H groups in total. The van der Waals surface area contributed by atoms with Crippen LogP contribution in [0.15, 0.2) is 21.5 Å². The lowest BCUT2D eigenvalue weighted by Gasteiger charge is -2.10. The van der Waals surface area contributed by atoms with Gasteiger partial charge in [-0.25, -0.2) is 4.39 Å². The Bertz CT molecular complexity index is 382. The van der Waals surface area contributed by atoms with Gasteiger partial charge in [0.1, 0.15) is 5.82 Å². The number of thioether (sulfide) groups is 1. The summed E-state index contributed by atoms with van der Waals surface area (Å²) >= 11 is 4.78. The molecule has 5 heteroatoms. The van der Waals surface area contributed by atoms with E-state index in [-0.39, 0.29) is 5.82 Å². The molecule has 1 aromatic rings. The normalized spacial score (nSPS) is 20.2. The van der Waals surface area contributed by atoms with E-state index in [1.165, 1.54) is 6.07 Å². The van der Waals surface area contributed by atoms with E-state index in [1.807, 2.05) is 0 Å². The smallest absolute Gasteiger partial charge is 0.139 e. The summed E-state index contributed by atoms with van der Waals surface area (Å²) in [6, 6.07) is 3.08. The predicted molar refractivity (Wildman–Crippen MR) is 68.2 cm³/mol. The van der Waals surface area contributed by atoms with E-state index >= 15 is 0 Å². The van der Waals surface area contributed by atoms with E-state index in [1.54, 1.807) is 17.8 Å². The van der Waals surface area contributed by atoms with E-state index < -0.39 is 0 Å². The van der Waals surface area contributed by atoms with Crippen LogP contribution in [0, 0.1) is 5.82 Å². The first-order valence-electron chi connectivity index (χ1n) is 5.16. The van der Waals surface area contributed by atoms with E-state index in [0.29, 0.717) is 16.3 Å². The zero-order chi connectivity index (χ0) is 11.5. The van der Waals surface area contributed by atoms with Gasteiger partial charge in [-0.05, 0) is 40.9 Å². The summed E-state index contributed by atoms with van der Waals surface area (Å²) in [6.45, 7) is 0.855. The fraction of sp³-hybridized carbons (Fsp3) is 0.455. The molecule has 1 saturated heterocycles. The quantitative estimate of drug-likeness (QED) is 0.686. The Morgan fingerprint density at radius 1 is 1.56 bits per heavy atom. The molecule has 0 spiro atoms. The minimum absolute atomic E-state index is 0.313. The third-order valence-corrected chi connectivity index (χ3v) is 4.31. The standard InChI is InChI=1S/C11H13BrFNOS/c12-8-4-11(10(14)5-9(8)13)16-6-7-2-1-3-15-7/h4-5,7H,1-3,6,14H2. The summed E-state index contributed by atoms with van der Waals surface area (Å²) < 4.78 is 19.1. The first kappa shape index (κ1) is 12.2. The lowest BCUT2D eigenvalue weighted by molar-refractivity contribution is 0.129. The van der Waals surface area contributed by atoms with Gasteiger partial charge in [0.15, 0.2) is 0 Å². The molecule has 1 heterocycles. The van der Waals surface area contributed by atoms with E-state index in [4.69, 9.17) is 10.5 Å². The van der Waals surface area contributed by atoms with E-state index in [2.05, 4.69) is 15.9 Å². The van der Waals surface area contributed by atoms with Crippen LogP contribution < -0.4 is 5.73 Å². The highest BCUT2D eigenvalue weighted by Gasteiger charge is 2.16. The van der Waals surface area contributed by atoms with Crippen molar-refractivity contribution in [3.63, 3.8) is 0 Å². The Morgan fingerprint density at radius 3 is 3.06 bits per heavy atom. The van der Waals surface area contributed by atoms with Gasteiger partial charge < -0.3 is 10.5 Å². The Hall–Kier alpha value is -0.260. The second-order valence-electron chi connectivity index (χ2n) is 3.75. The number of hydrogen-bond acceptors (Lipinski definition) is 3. The van der Waals surface area contributed by atoms with Crippen molar-refractivity contribution in [1.82, 2.24) is 0 Å². The summed E-state index contributed by atoms with van der Waals surface area (Å²) in [7, 11) is 0. The van der Waals surface area contributed by atoms with Crippen molar-refractivity contribution in [2.24, 2.45) is 0 Å². The van der Waals surface area contributed by atoms with Crippen LogP contribution in [0.4, 0.5) is 10.1 Å². The van der Waals surface area contributed by atoms with Crippen molar-refractivity contribution in [3.05, 3.63) is 22.4 Å². The van der Waals surface area contributed by atoms with Crippen molar-refractivity contribution >= 4 is 33.4 Å². The minimum Gasteiger partial charge on any atom is -0.398 e. The van der Waals surface area contributed by atoms with Crippen molar-refractivity contribution in [2.45, 2.75) is 23.8 Å². The second kappa shape index (κ2) is 5.38. The number of benzene rings is 1. The number of anilines is 1. The molecule has 0 bridgehead atoms. The fourth-order valence-electron chi connectivity index (χ4n) is 1.63. The molecule has 0 amide bonds. The fourth-order valence-corrected chi connectivity index (χ4v) is 3.18. The highest BCUT2D eigenvalue weighted by Crippen LogP contribution is 2.32. The van der Waals surface area contributed by atoms with Gasteiger partial charge in [-0.15, -0.1) is 11.8 Å². The molecule has 1 aromatic carbocycles. The number of halogens is 2. The summed E-state index contributed by atoms with van der Waals surface area (Å²) in [5, 5.41) is 0. The van der Waals surface area contributed by atoms with Crippen molar-refractivity contribution < 1.29 is 9.13 Å². The van der Waals surface area contributed by atoms with Gasteiger partial charge in [0.25, 0.3) is 0 Å². The third-order valence-electron chi connectivity index (χ3n) is 2.50. The molecule has 0 aliphatic carbocycles. The Morgan fingerprint density at radius 2 is 2.38 bits per heavy atom. The zero-order valence-corrected chi connectivity index (χ0v) is 11.1. The van der Waals surface area contributed by atoms with Gasteiger partial charge in [-0.1, -0.05) is 0 Å². The van der Waals surface area contributed by atoms with Crippen LogP contribution in [0.3, 0.4) is 0 Å². The Kier molecular flexibility index (Phi) is 4.10. The summed E-state index contributed by atoms with van der Waals surface area (Å²) in [6.07, 6.45) is 2.55. The molecule has 1 fully saturated rings. The molecule has 16 heavy (non-hydrogen) atoms. The Labute approximate surface area is 107 Å². The molecule has 0 saturated carbocycles. The number of nitrogen functional groups attached to an aromatic ring is 1. The first-order chi connectivity index (χ1) is 7.66. The molecule has 1 atom stereocenters. The van der Waals surface area contributed by atoms with Gasteiger partial charge in [-0.3, -0.25) is 0 Å². The molecule has 0 aromatic heterocycles. The molecule has 1 aliphatic heterocycles. The maximum absolute atomic E-state index is 13.1. The average Bonchev–Trinajstić information content (AvgIpc) is 2.74. The van der Waals surface area contributed by atoms with Crippen LogP contribution in [0.2, 0.25) is 0 Å². The van der Waals surface area contributed by atoms with Crippen molar-refractivity contribution in [2.75, 3.05) is 18.1 Å². The molecule has 88 valence electrons. The Balaban J connectivity index is 2.00. The molecule has 2 nitrogen and oxygen atoms in total. The van der Waals surface area contributed by atoms with Gasteiger partial charge >= 0.3 is 0 Å². The summed E-state index contributed by atoms with van der Waals surface area (Å²) in [4.78, 5) is 0.906. The lowest BCUT2D eigenvalue weighted by Crippen LogP contribution is -2.08. The number of ether oxygens (including phenoxy) is 1. The van der Waals surface area contributed by atoms with Crippen LogP contribution in [0.1, 0.15) is 12.8 Å². The maximum Gasteiger partial charge on any atom is 0.139 e. The van der Waals surface area contributed by atoms with Crippen LogP contribution in [0.5, 0.6) is 0 Å². The highest BCUT2D eigenvalue weighted by atomic mass is 79.9. The van der Waals surface area contributed by atoms with Gasteiger partial charge in [-0.2, -0.15) is 0 Å². The van der Waals surface area contributed by atoms with Gasteiger partial charge in [0.2, 0.25) is 0 Å². The maximum atomic E-state index is 13.1. The van der Waals surface area contributed by atoms with E-state index in [0.717, 1.165) is 30.1 Å². The molecule has 1 unspecified atom stereocenters. The molecule has 0 radical (unpaired) electrons. The van der Waals surface area contributed by atoms with Crippen LogP contribution >= 0.6 is 27.7 Å². The van der Waals surface area contributed by atoms with Gasteiger partial charge in [0.05, 0.1) is 10.6 Å². The summed E-state index contributed by atoms with van der Waals surface area (Å²) in [5.74, 6) is 0.557. The molecule has 1 aliphatic rings. The molecule has 2 rings (SSSR count). The third kappa shape index (κ3) is 2.90. The lowest BCUT2D eigenvalue weighted by atomic mass is 10.3. The SMILES string of the molecule is Nc1cc(F)c(Br)cc1SCC1CCCO1. The number of hydrogen-bond donors (Lipinski definition) is 1. The molecular formula is C11H13BrFNOS. The van der Waals surface area contributed by atoms with Gasteiger partial charge in [0, 0.05) is 22.9 Å². The average molecular weight is 306 g/mol. The van der Waals surface area contributed by atoms with Crippen molar-refractivity contribution in [3.8, 4) is 0 Å². The minimum atomic E-state index is -0.320. The highest BCUT2D eigenvalue weighted by molar-refractivity contribution is 9.10. The second-order valence-corrected chi connectivity index (χ2v) is 5.67. The largest absolute Gasteiger partial charge is 0.398 e. The topological polar surface area (TPSA) is 35.2 Å². The zero-order valence-electron chi connectivity index (χ0n) is 8.71. The predicted octanol–water partition coefficient (Wildman–Crippen LogP) is 3.44. The molecular weight excluding hydrogens is 293 g/mol. The first-order valence-corrected chi connectivity index (χ1v) is 6.93. The van der Waals surface area contributed by atoms with Crippen molar-refractivity contribution in [1.29, 1.82) is 0 Å². The summed E-state index contributed by atoms with van der Waals surface area (Å²) in [5.41, 5.74) is 6.24. The van der Waals surface area contributed by atoms with Crippen LogP contribution in [-0.2, 0) is 4.74 Å².